The number of fused-ring (bicyclic) bond motifs is 3. The lowest BCUT2D eigenvalue weighted by Gasteiger charge is -2.28. The number of nitrogens with zero attached hydrogens (tertiary/aromatic N) is 2. The molecule has 5 nitrogen and oxygen atoms in total. The highest BCUT2D eigenvalue weighted by Gasteiger charge is 2.35. The Hall–Kier alpha value is -2.92. The maximum atomic E-state index is 13.4. The summed E-state index contributed by atoms with van der Waals surface area (Å²) in [6, 6.07) is 7.83. The van der Waals surface area contributed by atoms with E-state index < -0.39 is 0 Å². The molecule has 3 aliphatic rings. The van der Waals surface area contributed by atoms with E-state index in [2.05, 4.69) is 22.2 Å². The molecule has 0 saturated carbocycles. The standard InChI is InChI=1S/C22H20N2O3/c1-13-20(14(2)27-23-13)21-19-12-15(24-7-9-26-10-8-24)11-18(19)16-5-3-4-6-17(16)22(21)25/h3-6,11-12H,7-10H2,1-2H3. The Labute approximate surface area is 157 Å². The molecule has 0 unspecified atom stereocenters. The third-order valence-electron chi connectivity index (χ3n) is 5.49. The lowest BCUT2D eigenvalue weighted by atomic mass is 9.79. The third-order valence-corrected chi connectivity index (χ3v) is 5.49. The van der Waals surface area contributed by atoms with Crippen molar-refractivity contribution in [3.63, 3.8) is 0 Å². The van der Waals surface area contributed by atoms with Gasteiger partial charge in [-0.25, -0.2) is 0 Å². The lowest BCUT2D eigenvalue weighted by Crippen LogP contribution is -2.34. The minimum atomic E-state index is 0.0339. The second kappa shape index (κ2) is 6.06. The zero-order valence-corrected chi connectivity index (χ0v) is 15.4. The third kappa shape index (κ3) is 2.42. The number of ether oxygens (including phenoxy) is 1. The summed E-state index contributed by atoms with van der Waals surface area (Å²) in [5.41, 5.74) is 7.18. The van der Waals surface area contributed by atoms with Crippen LogP contribution in [0.15, 0.2) is 52.2 Å². The van der Waals surface area contributed by atoms with Gasteiger partial charge in [0, 0.05) is 29.9 Å². The number of ketones is 1. The summed E-state index contributed by atoms with van der Waals surface area (Å²) < 4.78 is 10.9. The monoisotopic (exact) mass is 360 g/mol. The molecule has 136 valence electrons. The van der Waals surface area contributed by atoms with Gasteiger partial charge in [-0.3, -0.25) is 4.79 Å². The molecule has 1 fully saturated rings. The van der Waals surface area contributed by atoms with Gasteiger partial charge in [-0.15, -0.1) is 0 Å². The molecular formula is C22H20N2O3. The Morgan fingerprint density at radius 2 is 1.78 bits per heavy atom. The Kier molecular flexibility index (Phi) is 3.65. The molecule has 0 radical (unpaired) electrons. The molecule has 2 aromatic rings. The molecule has 1 saturated heterocycles. The molecule has 0 N–H and O–H groups in total. The van der Waals surface area contributed by atoms with E-state index in [1.165, 1.54) is 0 Å². The van der Waals surface area contributed by atoms with Crippen LogP contribution in [0.1, 0.15) is 32.9 Å². The Bertz CT molecular complexity index is 1030. The molecule has 27 heavy (non-hydrogen) atoms. The maximum absolute atomic E-state index is 13.4. The first-order valence-corrected chi connectivity index (χ1v) is 9.23. The fourth-order valence-electron chi connectivity index (χ4n) is 4.19. The zero-order valence-electron chi connectivity index (χ0n) is 15.4. The van der Waals surface area contributed by atoms with Gasteiger partial charge in [0.05, 0.1) is 24.5 Å². The van der Waals surface area contributed by atoms with E-state index in [0.29, 0.717) is 11.3 Å². The number of carbonyl (C=O) groups excluding carboxylic acids is 1. The van der Waals surface area contributed by atoms with E-state index in [-0.39, 0.29) is 5.78 Å². The summed E-state index contributed by atoms with van der Waals surface area (Å²) in [6.45, 7) is 6.93. The van der Waals surface area contributed by atoms with E-state index >= 15 is 0 Å². The van der Waals surface area contributed by atoms with Crippen molar-refractivity contribution in [3.05, 3.63) is 75.8 Å². The maximum Gasteiger partial charge on any atom is 0.195 e. The number of Topliss-reactive ketones (excluding diaryl/α,β-unsaturated/α-hetero) is 1. The molecule has 1 aromatic carbocycles. The van der Waals surface area contributed by atoms with Gasteiger partial charge < -0.3 is 14.2 Å². The number of aryl methyl sites for hydroxylation is 2. The Balaban J connectivity index is 1.74. The normalized spacial score (nSPS) is 19.0. The van der Waals surface area contributed by atoms with Crippen LogP contribution in [0.4, 0.5) is 0 Å². The predicted octanol–water partition coefficient (Wildman–Crippen LogP) is 3.55. The van der Waals surface area contributed by atoms with E-state index in [1.54, 1.807) is 0 Å². The van der Waals surface area contributed by atoms with Gasteiger partial charge in [0.15, 0.2) is 5.78 Å². The number of carbonyl (C=O) groups is 1. The molecular weight excluding hydrogens is 340 g/mol. The van der Waals surface area contributed by atoms with Crippen molar-refractivity contribution in [1.29, 1.82) is 0 Å². The van der Waals surface area contributed by atoms with Crippen LogP contribution in [0.5, 0.6) is 0 Å². The molecule has 1 aliphatic heterocycles. The smallest absolute Gasteiger partial charge is 0.195 e. The van der Waals surface area contributed by atoms with Crippen LogP contribution < -0.4 is 0 Å². The van der Waals surface area contributed by atoms with Crippen LogP contribution in [0.25, 0.3) is 11.1 Å². The number of hydrogen-bond acceptors (Lipinski definition) is 5. The van der Waals surface area contributed by atoms with Gasteiger partial charge in [0.25, 0.3) is 0 Å². The Morgan fingerprint density at radius 3 is 2.48 bits per heavy atom. The number of morpholine rings is 1. The summed E-state index contributed by atoms with van der Waals surface area (Å²) in [7, 11) is 0. The average Bonchev–Trinajstić information content (AvgIpc) is 3.28. The number of allylic oxidation sites excluding steroid dienone is 5. The van der Waals surface area contributed by atoms with E-state index in [0.717, 1.165) is 65.5 Å². The van der Waals surface area contributed by atoms with Gasteiger partial charge in [-0.2, -0.15) is 0 Å². The second-order valence-electron chi connectivity index (χ2n) is 7.09. The van der Waals surface area contributed by atoms with Crippen LogP contribution >= 0.6 is 0 Å². The minimum Gasteiger partial charge on any atom is -0.378 e. The number of aromatic nitrogens is 1. The van der Waals surface area contributed by atoms with Crippen LogP contribution in [-0.2, 0) is 4.74 Å². The fourth-order valence-corrected chi connectivity index (χ4v) is 4.19. The van der Waals surface area contributed by atoms with Gasteiger partial charge in [0.2, 0.25) is 0 Å². The Morgan fingerprint density at radius 1 is 1.04 bits per heavy atom. The average molecular weight is 360 g/mol. The molecule has 0 amide bonds. The molecule has 5 heteroatoms. The van der Waals surface area contributed by atoms with Gasteiger partial charge in [-0.1, -0.05) is 29.4 Å². The van der Waals surface area contributed by atoms with Crippen molar-refractivity contribution in [2.75, 3.05) is 26.3 Å². The number of rotatable bonds is 2. The van der Waals surface area contributed by atoms with Crippen molar-refractivity contribution >= 4 is 16.9 Å². The first-order chi connectivity index (χ1) is 13.1. The van der Waals surface area contributed by atoms with E-state index in [9.17, 15) is 4.79 Å². The van der Waals surface area contributed by atoms with E-state index in [4.69, 9.17) is 9.26 Å². The van der Waals surface area contributed by atoms with Crippen molar-refractivity contribution in [2.45, 2.75) is 13.8 Å². The first-order valence-electron chi connectivity index (χ1n) is 9.23. The molecule has 0 bridgehead atoms. The van der Waals surface area contributed by atoms with Gasteiger partial charge in [0.1, 0.15) is 5.76 Å². The highest BCUT2D eigenvalue weighted by Crippen LogP contribution is 2.45. The number of benzene rings is 1. The lowest BCUT2D eigenvalue weighted by molar-refractivity contribution is 0.0555. The molecule has 0 atom stereocenters. The quantitative estimate of drug-likeness (QED) is 0.820. The predicted molar refractivity (Wildman–Crippen MR) is 102 cm³/mol. The summed E-state index contributed by atoms with van der Waals surface area (Å²) in [4.78, 5) is 15.7. The molecule has 1 aromatic heterocycles. The second-order valence-corrected chi connectivity index (χ2v) is 7.09. The molecule has 2 aliphatic carbocycles. The van der Waals surface area contributed by atoms with Gasteiger partial charge in [-0.05, 0) is 42.7 Å². The summed E-state index contributed by atoms with van der Waals surface area (Å²) in [5, 5.41) is 4.08. The summed E-state index contributed by atoms with van der Waals surface area (Å²) >= 11 is 0. The molecule has 5 rings (SSSR count). The molecule has 0 spiro atoms. The van der Waals surface area contributed by atoms with Crippen molar-refractivity contribution in [1.82, 2.24) is 10.1 Å². The SMILES string of the molecule is Cc1noc(C)c1C1=C2C=C(N3CCOCC3)C=C2c2ccccc2C1=O. The van der Waals surface area contributed by atoms with Crippen molar-refractivity contribution < 1.29 is 14.1 Å². The fraction of sp³-hybridized carbons (Fsp3) is 0.273. The first kappa shape index (κ1) is 16.3. The minimum absolute atomic E-state index is 0.0339. The summed E-state index contributed by atoms with van der Waals surface area (Å²) in [5.74, 6) is 0.710. The largest absolute Gasteiger partial charge is 0.378 e. The topological polar surface area (TPSA) is 55.6 Å². The van der Waals surface area contributed by atoms with E-state index in [1.807, 2.05) is 38.1 Å². The van der Waals surface area contributed by atoms with Crippen LogP contribution in [0, 0.1) is 13.8 Å². The van der Waals surface area contributed by atoms with Crippen molar-refractivity contribution in [2.24, 2.45) is 0 Å². The number of hydrogen-bond donors (Lipinski definition) is 0. The highest BCUT2D eigenvalue weighted by molar-refractivity contribution is 6.36. The van der Waals surface area contributed by atoms with Crippen LogP contribution in [-0.4, -0.2) is 42.1 Å². The van der Waals surface area contributed by atoms with Crippen LogP contribution in [0.3, 0.4) is 0 Å². The molecule has 2 heterocycles. The van der Waals surface area contributed by atoms with Crippen molar-refractivity contribution in [3.8, 4) is 0 Å². The zero-order chi connectivity index (χ0) is 18.5. The van der Waals surface area contributed by atoms with Crippen LogP contribution in [0.2, 0.25) is 0 Å². The highest BCUT2D eigenvalue weighted by atomic mass is 16.5. The summed E-state index contributed by atoms with van der Waals surface area (Å²) in [6.07, 6.45) is 4.33. The van der Waals surface area contributed by atoms with Gasteiger partial charge >= 0.3 is 0 Å².